The van der Waals surface area contributed by atoms with Crippen molar-refractivity contribution < 1.29 is 0 Å². The van der Waals surface area contributed by atoms with E-state index in [1.54, 1.807) is 0 Å². The van der Waals surface area contributed by atoms with E-state index in [-0.39, 0.29) is 0 Å². The van der Waals surface area contributed by atoms with Gasteiger partial charge in [0.15, 0.2) is 0 Å². The zero-order valence-corrected chi connectivity index (χ0v) is 6.93. The topological polar surface area (TPSA) is 12.0 Å². The lowest BCUT2D eigenvalue weighted by molar-refractivity contribution is 0.496. The lowest BCUT2D eigenvalue weighted by Gasteiger charge is -2.08. The first kappa shape index (κ1) is 6.66. The molecule has 1 aliphatic carbocycles. The van der Waals surface area contributed by atoms with Crippen LogP contribution in [0.25, 0.3) is 0 Å². The third-order valence-corrected chi connectivity index (χ3v) is 3.20. The fourth-order valence-corrected chi connectivity index (χ4v) is 2.69. The summed E-state index contributed by atoms with van der Waals surface area (Å²) >= 11 is 0. The predicted molar refractivity (Wildman–Crippen MR) is 42.8 cm³/mol. The van der Waals surface area contributed by atoms with Gasteiger partial charge in [-0.2, -0.15) is 0 Å². The second-order valence-corrected chi connectivity index (χ2v) is 4.14. The van der Waals surface area contributed by atoms with Gasteiger partial charge in [-0.1, -0.05) is 13.8 Å². The average Bonchev–Trinajstić information content (AvgIpc) is 2.60. The molecule has 2 rings (SSSR count). The largest absolute Gasteiger partial charge is 0.316 e. The Labute approximate surface area is 63.2 Å². The van der Waals surface area contributed by atoms with Gasteiger partial charge in [0, 0.05) is 0 Å². The summed E-state index contributed by atoms with van der Waals surface area (Å²) in [5.41, 5.74) is 0. The first-order valence-electron chi connectivity index (χ1n) is 4.51. The van der Waals surface area contributed by atoms with Gasteiger partial charge < -0.3 is 5.32 Å². The molecule has 1 heteroatoms. The van der Waals surface area contributed by atoms with Crippen LogP contribution < -0.4 is 5.32 Å². The Hall–Kier alpha value is -0.0400. The molecule has 1 aliphatic heterocycles. The lowest BCUT2D eigenvalue weighted by atomic mass is 10.1. The predicted octanol–water partition coefficient (Wildman–Crippen LogP) is 1.50. The maximum Gasteiger partial charge on any atom is -0.00149 e. The Kier molecular flexibility index (Phi) is 1.48. The summed E-state index contributed by atoms with van der Waals surface area (Å²) < 4.78 is 0. The Morgan fingerprint density at radius 2 is 2.10 bits per heavy atom. The second kappa shape index (κ2) is 2.23. The number of fused-ring (bicyclic) bond motifs is 1. The minimum Gasteiger partial charge on any atom is -0.316 e. The molecule has 10 heavy (non-hydrogen) atoms. The van der Waals surface area contributed by atoms with Gasteiger partial charge in [0.05, 0.1) is 0 Å². The van der Waals surface area contributed by atoms with E-state index in [1.165, 1.54) is 19.5 Å². The Bertz CT molecular complexity index is 119. The molecule has 1 N–H and O–H groups in total. The minimum absolute atomic E-state index is 0.926. The number of hydrogen-bond donors (Lipinski definition) is 1. The number of rotatable bonds is 1. The van der Waals surface area contributed by atoms with Crippen LogP contribution >= 0.6 is 0 Å². The maximum absolute atomic E-state index is 3.46. The molecule has 1 heterocycles. The second-order valence-electron chi connectivity index (χ2n) is 4.14. The molecule has 0 radical (unpaired) electrons. The molecule has 0 bridgehead atoms. The van der Waals surface area contributed by atoms with E-state index in [1.807, 2.05) is 0 Å². The molecule has 3 atom stereocenters. The molecular formula is C9H17N. The van der Waals surface area contributed by atoms with E-state index in [4.69, 9.17) is 0 Å². The van der Waals surface area contributed by atoms with Crippen molar-refractivity contribution in [2.24, 2.45) is 23.7 Å². The molecule has 1 nitrogen and oxygen atoms in total. The first-order chi connectivity index (χ1) is 4.80. The van der Waals surface area contributed by atoms with Gasteiger partial charge in [-0.25, -0.2) is 0 Å². The summed E-state index contributed by atoms with van der Waals surface area (Å²) in [5, 5.41) is 3.46. The van der Waals surface area contributed by atoms with Crippen molar-refractivity contribution >= 4 is 0 Å². The highest BCUT2D eigenvalue weighted by atomic mass is 14.9. The van der Waals surface area contributed by atoms with Crippen molar-refractivity contribution in [2.75, 3.05) is 13.1 Å². The van der Waals surface area contributed by atoms with Gasteiger partial charge in [0.2, 0.25) is 0 Å². The van der Waals surface area contributed by atoms with Crippen LogP contribution in [0.2, 0.25) is 0 Å². The summed E-state index contributed by atoms with van der Waals surface area (Å²) in [4.78, 5) is 0. The van der Waals surface area contributed by atoms with Crippen LogP contribution in [0.5, 0.6) is 0 Å². The molecule has 0 aromatic carbocycles. The SMILES string of the molecule is CC(C)C1C2CCNCC21. The van der Waals surface area contributed by atoms with Crippen LogP contribution in [-0.4, -0.2) is 13.1 Å². The molecular weight excluding hydrogens is 122 g/mol. The fraction of sp³-hybridized carbons (Fsp3) is 1.00. The van der Waals surface area contributed by atoms with Gasteiger partial charge >= 0.3 is 0 Å². The summed E-state index contributed by atoms with van der Waals surface area (Å²) in [6.45, 7) is 7.30. The van der Waals surface area contributed by atoms with Crippen LogP contribution in [0.3, 0.4) is 0 Å². The third kappa shape index (κ3) is 0.878. The molecule has 58 valence electrons. The third-order valence-electron chi connectivity index (χ3n) is 3.20. The standard InChI is InChI=1S/C9H17N/c1-6(2)9-7-3-4-10-5-8(7)9/h6-10H,3-5H2,1-2H3. The van der Waals surface area contributed by atoms with Gasteiger partial charge in [-0.15, -0.1) is 0 Å². The highest BCUT2D eigenvalue weighted by molar-refractivity contribution is 5.01. The molecule has 0 aromatic rings. The molecule has 0 spiro atoms. The smallest absolute Gasteiger partial charge is 0.00149 e. The van der Waals surface area contributed by atoms with E-state index in [2.05, 4.69) is 19.2 Å². The van der Waals surface area contributed by atoms with Crippen LogP contribution in [0.15, 0.2) is 0 Å². The molecule has 3 unspecified atom stereocenters. The fourth-order valence-electron chi connectivity index (χ4n) is 2.69. The highest BCUT2D eigenvalue weighted by Crippen LogP contribution is 2.53. The van der Waals surface area contributed by atoms with Gasteiger partial charge in [0.1, 0.15) is 0 Å². The molecule has 1 saturated carbocycles. The van der Waals surface area contributed by atoms with E-state index < -0.39 is 0 Å². The number of piperidine rings is 1. The number of hydrogen-bond acceptors (Lipinski definition) is 1. The van der Waals surface area contributed by atoms with Crippen molar-refractivity contribution in [3.05, 3.63) is 0 Å². The average molecular weight is 139 g/mol. The van der Waals surface area contributed by atoms with Gasteiger partial charge in [-0.05, 0) is 43.2 Å². The van der Waals surface area contributed by atoms with E-state index in [0.29, 0.717) is 0 Å². The molecule has 1 saturated heterocycles. The van der Waals surface area contributed by atoms with Crippen molar-refractivity contribution in [1.29, 1.82) is 0 Å². The van der Waals surface area contributed by atoms with Crippen molar-refractivity contribution in [2.45, 2.75) is 20.3 Å². The number of nitrogens with one attached hydrogen (secondary N) is 1. The molecule has 0 aromatic heterocycles. The highest BCUT2D eigenvalue weighted by Gasteiger charge is 2.51. The molecule has 0 amide bonds. The van der Waals surface area contributed by atoms with Crippen molar-refractivity contribution in [1.82, 2.24) is 5.32 Å². The van der Waals surface area contributed by atoms with Crippen LogP contribution in [-0.2, 0) is 0 Å². The van der Waals surface area contributed by atoms with Crippen LogP contribution in [0, 0.1) is 23.7 Å². The zero-order valence-electron chi connectivity index (χ0n) is 6.93. The monoisotopic (exact) mass is 139 g/mol. The first-order valence-corrected chi connectivity index (χ1v) is 4.51. The minimum atomic E-state index is 0.926. The Balaban J connectivity index is 1.93. The molecule has 2 aliphatic rings. The maximum atomic E-state index is 3.46. The molecule has 2 fully saturated rings. The summed E-state index contributed by atoms with van der Waals surface area (Å²) in [5.74, 6) is 4.14. The van der Waals surface area contributed by atoms with E-state index in [9.17, 15) is 0 Å². The van der Waals surface area contributed by atoms with Crippen molar-refractivity contribution in [3.63, 3.8) is 0 Å². The van der Waals surface area contributed by atoms with Gasteiger partial charge in [-0.3, -0.25) is 0 Å². The Morgan fingerprint density at radius 3 is 2.60 bits per heavy atom. The van der Waals surface area contributed by atoms with Crippen molar-refractivity contribution in [3.8, 4) is 0 Å². The quantitative estimate of drug-likeness (QED) is 0.580. The van der Waals surface area contributed by atoms with Gasteiger partial charge in [0.25, 0.3) is 0 Å². The van der Waals surface area contributed by atoms with Crippen LogP contribution in [0.4, 0.5) is 0 Å². The van der Waals surface area contributed by atoms with E-state index in [0.717, 1.165) is 23.7 Å². The van der Waals surface area contributed by atoms with Crippen LogP contribution in [0.1, 0.15) is 20.3 Å². The zero-order chi connectivity index (χ0) is 7.14. The summed E-state index contributed by atoms with van der Waals surface area (Å²) in [6, 6.07) is 0. The van der Waals surface area contributed by atoms with E-state index >= 15 is 0 Å². The summed E-state index contributed by atoms with van der Waals surface area (Å²) in [6.07, 6.45) is 1.44. The summed E-state index contributed by atoms with van der Waals surface area (Å²) in [7, 11) is 0. The Morgan fingerprint density at radius 1 is 1.30 bits per heavy atom. The lowest BCUT2D eigenvalue weighted by Crippen LogP contribution is -2.23. The normalized spacial score (nSPS) is 45.3.